The van der Waals surface area contributed by atoms with Crippen molar-refractivity contribution >= 4 is 11.8 Å². The molecule has 1 amide bonds. The zero-order valence-corrected chi connectivity index (χ0v) is 12.8. The van der Waals surface area contributed by atoms with Crippen molar-refractivity contribution in [2.24, 2.45) is 0 Å². The Balaban J connectivity index is 2.93. The van der Waals surface area contributed by atoms with Crippen LogP contribution < -0.4 is 5.32 Å². The maximum Gasteiger partial charge on any atom is 0.411 e. The number of amides is 1. The summed E-state index contributed by atoms with van der Waals surface area (Å²) in [5.41, 5.74) is 1.51. The molecule has 0 radical (unpaired) electrons. The minimum atomic E-state index is -0.478. The molecular weight excluding hydrogens is 270 g/mol. The summed E-state index contributed by atoms with van der Waals surface area (Å²) in [6.07, 6.45) is 2.66. The monoisotopic (exact) mass is 293 g/mol. The van der Waals surface area contributed by atoms with E-state index in [1.807, 2.05) is 44.2 Å². The van der Waals surface area contributed by atoms with E-state index >= 15 is 0 Å². The van der Waals surface area contributed by atoms with Gasteiger partial charge in [-0.1, -0.05) is 18.2 Å². The standard InChI is InChI=1S/C16H23NO4/c1-4-19-12-11-15(20-5-2)13-9-7-8-10-14(13)17-16(18)21-6-3/h7-12,15H,4-6H2,1-3H3,(H,17,18). The van der Waals surface area contributed by atoms with Crippen LogP contribution in [0.25, 0.3) is 0 Å². The molecule has 0 aliphatic heterocycles. The van der Waals surface area contributed by atoms with Crippen LogP contribution in [0.3, 0.4) is 0 Å². The molecule has 0 fully saturated rings. The van der Waals surface area contributed by atoms with E-state index in [-0.39, 0.29) is 6.10 Å². The average Bonchev–Trinajstić information content (AvgIpc) is 2.47. The Morgan fingerprint density at radius 1 is 1.19 bits per heavy atom. The van der Waals surface area contributed by atoms with Crippen LogP contribution in [0.2, 0.25) is 0 Å². The smallest absolute Gasteiger partial charge is 0.411 e. The number of anilines is 1. The van der Waals surface area contributed by atoms with Gasteiger partial charge < -0.3 is 14.2 Å². The number of rotatable bonds is 8. The Morgan fingerprint density at radius 3 is 2.62 bits per heavy atom. The van der Waals surface area contributed by atoms with Gasteiger partial charge in [-0.25, -0.2) is 4.79 Å². The summed E-state index contributed by atoms with van der Waals surface area (Å²) in [6.45, 7) is 7.07. The van der Waals surface area contributed by atoms with E-state index < -0.39 is 6.09 Å². The van der Waals surface area contributed by atoms with Crippen molar-refractivity contribution in [3.63, 3.8) is 0 Å². The first-order valence-electron chi connectivity index (χ1n) is 7.15. The van der Waals surface area contributed by atoms with Crippen molar-refractivity contribution in [3.8, 4) is 0 Å². The number of hydrogen-bond donors (Lipinski definition) is 1. The van der Waals surface area contributed by atoms with E-state index in [0.717, 1.165) is 5.56 Å². The van der Waals surface area contributed by atoms with E-state index in [1.165, 1.54) is 0 Å². The lowest BCUT2D eigenvalue weighted by Crippen LogP contribution is -2.15. The summed E-state index contributed by atoms with van der Waals surface area (Å²) < 4.78 is 15.8. The van der Waals surface area contributed by atoms with Crippen LogP contribution in [0.15, 0.2) is 36.6 Å². The summed E-state index contributed by atoms with van der Waals surface area (Å²) >= 11 is 0. The number of nitrogens with one attached hydrogen (secondary N) is 1. The van der Waals surface area contributed by atoms with Crippen LogP contribution in [-0.2, 0) is 14.2 Å². The zero-order chi connectivity index (χ0) is 15.5. The lowest BCUT2D eigenvalue weighted by molar-refractivity contribution is 0.0944. The normalized spacial score (nSPS) is 12.1. The fourth-order valence-electron chi connectivity index (χ4n) is 1.79. The molecule has 0 aliphatic rings. The molecule has 5 heteroatoms. The minimum absolute atomic E-state index is 0.292. The molecule has 0 saturated carbocycles. The molecule has 0 spiro atoms. The van der Waals surface area contributed by atoms with Gasteiger partial charge in [0.15, 0.2) is 0 Å². The van der Waals surface area contributed by atoms with Gasteiger partial charge in [0.2, 0.25) is 0 Å². The van der Waals surface area contributed by atoms with E-state index in [2.05, 4.69) is 5.32 Å². The van der Waals surface area contributed by atoms with Crippen molar-refractivity contribution in [2.45, 2.75) is 26.9 Å². The van der Waals surface area contributed by atoms with Crippen LogP contribution in [0.1, 0.15) is 32.4 Å². The Kier molecular flexibility index (Phi) is 7.97. The Labute approximate surface area is 125 Å². The Morgan fingerprint density at radius 2 is 1.95 bits per heavy atom. The third kappa shape index (κ3) is 5.87. The van der Waals surface area contributed by atoms with E-state index in [0.29, 0.717) is 25.5 Å². The molecule has 1 unspecified atom stereocenters. The highest BCUT2D eigenvalue weighted by molar-refractivity contribution is 5.85. The van der Waals surface area contributed by atoms with E-state index in [4.69, 9.17) is 14.2 Å². The number of carbonyl (C=O) groups is 1. The molecule has 1 atom stereocenters. The lowest BCUT2D eigenvalue weighted by atomic mass is 10.1. The second-order valence-electron chi connectivity index (χ2n) is 4.09. The highest BCUT2D eigenvalue weighted by Crippen LogP contribution is 2.27. The summed E-state index contributed by atoms with van der Waals surface area (Å²) in [5.74, 6) is 0. The summed E-state index contributed by atoms with van der Waals surface area (Å²) in [6, 6.07) is 7.46. The van der Waals surface area contributed by atoms with Crippen LogP contribution in [0.4, 0.5) is 10.5 Å². The first kappa shape index (κ1) is 17.0. The molecule has 1 rings (SSSR count). The fraction of sp³-hybridized carbons (Fsp3) is 0.438. The predicted octanol–water partition coefficient (Wildman–Crippen LogP) is 3.88. The van der Waals surface area contributed by atoms with Gasteiger partial charge in [0, 0.05) is 12.2 Å². The van der Waals surface area contributed by atoms with Gasteiger partial charge in [0.05, 0.1) is 25.2 Å². The van der Waals surface area contributed by atoms with Gasteiger partial charge in [0.25, 0.3) is 0 Å². The maximum absolute atomic E-state index is 11.6. The summed E-state index contributed by atoms with van der Waals surface area (Å²) in [4.78, 5) is 11.6. The Bertz CT molecular complexity index is 459. The SMILES string of the molecule is CCOC=CC(OCC)c1ccccc1NC(=O)OCC. The fourth-order valence-corrected chi connectivity index (χ4v) is 1.79. The number of benzene rings is 1. The topological polar surface area (TPSA) is 56.8 Å². The molecule has 1 aromatic rings. The van der Waals surface area contributed by atoms with Crippen molar-refractivity contribution in [2.75, 3.05) is 25.1 Å². The van der Waals surface area contributed by atoms with Gasteiger partial charge in [0.1, 0.15) is 6.10 Å². The van der Waals surface area contributed by atoms with Gasteiger partial charge in [-0.2, -0.15) is 0 Å². The molecule has 1 aromatic carbocycles. The highest BCUT2D eigenvalue weighted by Gasteiger charge is 2.14. The molecule has 0 aromatic heterocycles. The molecule has 0 bridgehead atoms. The quantitative estimate of drug-likeness (QED) is 0.739. The molecule has 5 nitrogen and oxygen atoms in total. The third-order valence-corrected chi connectivity index (χ3v) is 2.64. The number of para-hydroxylation sites is 1. The van der Waals surface area contributed by atoms with Crippen molar-refractivity contribution in [1.29, 1.82) is 0 Å². The number of carbonyl (C=O) groups excluding carboxylic acids is 1. The van der Waals surface area contributed by atoms with Crippen molar-refractivity contribution in [1.82, 2.24) is 0 Å². The molecule has 0 saturated heterocycles. The molecule has 0 heterocycles. The summed E-state index contributed by atoms with van der Waals surface area (Å²) in [5, 5.41) is 2.72. The van der Waals surface area contributed by atoms with Crippen LogP contribution >= 0.6 is 0 Å². The van der Waals surface area contributed by atoms with Crippen LogP contribution in [-0.4, -0.2) is 25.9 Å². The van der Waals surface area contributed by atoms with E-state index in [9.17, 15) is 4.79 Å². The van der Waals surface area contributed by atoms with Crippen LogP contribution in [0.5, 0.6) is 0 Å². The minimum Gasteiger partial charge on any atom is -0.502 e. The second-order valence-corrected chi connectivity index (χ2v) is 4.09. The number of hydrogen-bond acceptors (Lipinski definition) is 4. The maximum atomic E-state index is 11.6. The third-order valence-electron chi connectivity index (χ3n) is 2.64. The first-order chi connectivity index (χ1) is 10.2. The molecule has 0 aliphatic carbocycles. The Hall–Kier alpha value is -2.01. The van der Waals surface area contributed by atoms with Gasteiger partial charge in [-0.3, -0.25) is 5.32 Å². The average molecular weight is 293 g/mol. The molecular formula is C16H23NO4. The predicted molar refractivity (Wildman–Crippen MR) is 82.2 cm³/mol. The molecule has 116 valence electrons. The van der Waals surface area contributed by atoms with Crippen molar-refractivity contribution in [3.05, 3.63) is 42.2 Å². The van der Waals surface area contributed by atoms with Gasteiger partial charge in [-0.05, 0) is 32.9 Å². The van der Waals surface area contributed by atoms with Gasteiger partial charge in [-0.15, -0.1) is 0 Å². The number of ether oxygens (including phenoxy) is 3. The summed E-state index contributed by atoms with van der Waals surface area (Å²) in [7, 11) is 0. The molecule has 21 heavy (non-hydrogen) atoms. The zero-order valence-electron chi connectivity index (χ0n) is 12.8. The van der Waals surface area contributed by atoms with E-state index in [1.54, 1.807) is 13.2 Å². The largest absolute Gasteiger partial charge is 0.502 e. The second kappa shape index (κ2) is 9.83. The first-order valence-corrected chi connectivity index (χ1v) is 7.15. The molecule has 1 N–H and O–H groups in total. The highest BCUT2D eigenvalue weighted by atomic mass is 16.5. The van der Waals surface area contributed by atoms with Crippen LogP contribution in [0, 0.1) is 0 Å². The van der Waals surface area contributed by atoms with Crippen molar-refractivity contribution < 1.29 is 19.0 Å². The van der Waals surface area contributed by atoms with Gasteiger partial charge >= 0.3 is 6.09 Å². The lowest BCUT2D eigenvalue weighted by Gasteiger charge is -2.17.